The SMILES string of the molecule is Cc1cc(C)n(CCCN(C)C(=O)CCN2CCCCO2)n1. The number of aromatic nitrogens is 2. The van der Waals surface area contributed by atoms with Crippen LogP contribution < -0.4 is 0 Å². The number of hydroxylamine groups is 2. The van der Waals surface area contributed by atoms with Crippen molar-refractivity contribution >= 4 is 5.91 Å². The summed E-state index contributed by atoms with van der Waals surface area (Å²) >= 11 is 0. The largest absolute Gasteiger partial charge is 0.346 e. The monoisotopic (exact) mass is 308 g/mol. The fourth-order valence-corrected chi connectivity index (χ4v) is 2.72. The van der Waals surface area contributed by atoms with Crippen molar-refractivity contribution in [2.24, 2.45) is 0 Å². The van der Waals surface area contributed by atoms with Gasteiger partial charge in [-0.25, -0.2) is 0 Å². The Kier molecular flexibility index (Phi) is 6.39. The fourth-order valence-electron chi connectivity index (χ4n) is 2.72. The Labute approximate surface area is 133 Å². The topological polar surface area (TPSA) is 50.6 Å². The predicted octanol–water partition coefficient (Wildman–Crippen LogP) is 1.77. The Bertz CT molecular complexity index is 480. The standard InChI is InChI=1S/C16H28N4O2/c1-14-13-15(2)20(17-14)10-6-8-18(3)16(21)7-11-19-9-4-5-12-22-19/h13H,4-12H2,1-3H3. The van der Waals surface area contributed by atoms with Gasteiger partial charge in [-0.3, -0.25) is 14.3 Å². The number of amides is 1. The van der Waals surface area contributed by atoms with E-state index in [1.54, 1.807) is 0 Å². The highest BCUT2D eigenvalue weighted by molar-refractivity contribution is 5.75. The molecule has 0 N–H and O–H groups in total. The van der Waals surface area contributed by atoms with Crippen molar-refractivity contribution in [2.75, 3.05) is 33.3 Å². The highest BCUT2D eigenvalue weighted by Gasteiger charge is 2.14. The number of nitrogens with zero attached hydrogens (tertiary/aromatic N) is 4. The average Bonchev–Trinajstić information content (AvgIpc) is 2.83. The van der Waals surface area contributed by atoms with Crippen molar-refractivity contribution in [2.45, 2.75) is 46.1 Å². The number of carbonyl (C=O) groups is 1. The van der Waals surface area contributed by atoms with Crippen molar-refractivity contribution in [1.29, 1.82) is 0 Å². The minimum absolute atomic E-state index is 0.183. The molecule has 0 radical (unpaired) electrons. The summed E-state index contributed by atoms with van der Waals surface area (Å²) in [5.41, 5.74) is 2.22. The third-order valence-corrected chi connectivity index (χ3v) is 4.04. The lowest BCUT2D eigenvalue weighted by atomic mass is 10.3. The molecule has 0 bridgehead atoms. The molecular weight excluding hydrogens is 280 g/mol. The van der Waals surface area contributed by atoms with Gasteiger partial charge in [0, 0.05) is 45.3 Å². The molecule has 1 aliphatic heterocycles. The highest BCUT2D eigenvalue weighted by atomic mass is 16.7. The molecule has 0 aromatic carbocycles. The summed E-state index contributed by atoms with van der Waals surface area (Å²) in [5.74, 6) is 0.183. The summed E-state index contributed by atoms with van der Waals surface area (Å²) in [6.07, 6.45) is 3.73. The first-order chi connectivity index (χ1) is 10.6. The van der Waals surface area contributed by atoms with Crippen LogP contribution in [0.15, 0.2) is 6.07 Å². The van der Waals surface area contributed by atoms with E-state index in [1.165, 1.54) is 5.69 Å². The van der Waals surface area contributed by atoms with Crippen LogP contribution >= 0.6 is 0 Å². The lowest BCUT2D eigenvalue weighted by Gasteiger charge is -2.26. The van der Waals surface area contributed by atoms with Crippen LogP contribution in [0.25, 0.3) is 0 Å². The molecule has 6 nitrogen and oxygen atoms in total. The molecule has 22 heavy (non-hydrogen) atoms. The van der Waals surface area contributed by atoms with Gasteiger partial charge in [0.05, 0.1) is 12.3 Å². The molecule has 0 spiro atoms. The van der Waals surface area contributed by atoms with Crippen LogP contribution in [0.5, 0.6) is 0 Å². The van der Waals surface area contributed by atoms with Crippen molar-refractivity contribution in [3.05, 3.63) is 17.5 Å². The second-order valence-electron chi connectivity index (χ2n) is 6.04. The predicted molar refractivity (Wildman–Crippen MR) is 85.3 cm³/mol. The van der Waals surface area contributed by atoms with Crippen molar-refractivity contribution in [1.82, 2.24) is 19.7 Å². The Balaban J connectivity index is 1.64. The zero-order chi connectivity index (χ0) is 15.9. The van der Waals surface area contributed by atoms with E-state index in [0.29, 0.717) is 13.0 Å². The van der Waals surface area contributed by atoms with E-state index in [0.717, 1.165) is 51.2 Å². The van der Waals surface area contributed by atoms with E-state index < -0.39 is 0 Å². The molecular formula is C16H28N4O2. The highest BCUT2D eigenvalue weighted by Crippen LogP contribution is 2.07. The van der Waals surface area contributed by atoms with Crippen LogP contribution in [0.3, 0.4) is 0 Å². The van der Waals surface area contributed by atoms with Crippen LogP contribution in [-0.2, 0) is 16.2 Å². The van der Waals surface area contributed by atoms with E-state index in [-0.39, 0.29) is 5.91 Å². The minimum atomic E-state index is 0.183. The lowest BCUT2D eigenvalue weighted by molar-refractivity contribution is -0.182. The van der Waals surface area contributed by atoms with E-state index in [1.807, 2.05) is 28.6 Å². The zero-order valence-corrected chi connectivity index (χ0v) is 14.0. The van der Waals surface area contributed by atoms with E-state index in [2.05, 4.69) is 18.1 Å². The number of carbonyl (C=O) groups excluding carboxylic acids is 1. The van der Waals surface area contributed by atoms with Crippen molar-refractivity contribution < 1.29 is 9.63 Å². The van der Waals surface area contributed by atoms with Crippen LogP contribution in [0.2, 0.25) is 0 Å². The fraction of sp³-hybridized carbons (Fsp3) is 0.750. The van der Waals surface area contributed by atoms with Crippen LogP contribution in [0.4, 0.5) is 0 Å². The molecule has 1 saturated heterocycles. The molecule has 1 aliphatic rings. The Morgan fingerprint density at radius 3 is 2.82 bits per heavy atom. The maximum Gasteiger partial charge on any atom is 0.223 e. The minimum Gasteiger partial charge on any atom is -0.346 e. The van der Waals surface area contributed by atoms with E-state index in [4.69, 9.17) is 4.84 Å². The van der Waals surface area contributed by atoms with Gasteiger partial charge in [0.15, 0.2) is 0 Å². The summed E-state index contributed by atoms with van der Waals surface area (Å²) in [5, 5.41) is 6.36. The van der Waals surface area contributed by atoms with E-state index >= 15 is 0 Å². The van der Waals surface area contributed by atoms with Crippen molar-refractivity contribution in [3.63, 3.8) is 0 Å². The molecule has 0 atom stereocenters. The van der Waals surface area contributed by atoms with Crippen LogP contribution in [0, 0.1) is 13.8 Å². The van der Waals surface area contributed by atoms with Crippen LogP contribution in [-0.4, -0.2) is 58.9 Å². The van der Waals surface area contributed by atoms with Crippen molar-refractivity contribution in [3.8, 4) is 0 Å². The molecule has 1 aromatic heterocycles. The van der Waals surface area contributed by atoms with Gasteiger partial charge in [-0.1, -0.05) is 0 Å². The Hall–Kier alpha value is -1.40. The summed E-state index contributed by atoms with van der Waals surface area (Å²) in [4.78, 5) is 19.4. The molecule has 0 saturated carbocycles. The van der Waals surface area contributed by atoms with E-state index in [9.17, 15) is 4.79 Å². The average molecular weight is 308 g/mol. The third kappa shape index (κ3) is 5.10. The molecule has 2 rings (SSSR count). The number of rotatable bonds is 7. The molecule has 0 unspecified atom stereocenters. The zero-order valence-electron chi connectivity index (χ0n) is 14.0. The molecule has 6 heteroatoms. The Morgan fingerprint density at radius 1 is 1.36 bits per heavy atom. The Morgan fingerprint density at radius 2 is 2.18 bits per heavy atom. The number of hydrogen-bond donors (Lipinski definition) is 0. The third-order valence-electron chi connectivity index (χ3n) is 4.04. The lowest BCUT2D eigenvalue weighted by Crippen LogP contribution is -2.35. The first-order valence-electron chi connectivity index (χ1n) is 8.19. The first kappa shape index (κ1) is 17.0. The number of aryl methyl sites for hydroxylation is 3. The molecule has 1 amide bonds. The molecule has 1 aromatic rings. The molecule has 1 fully saturated rings. The normalized spacial score (nSPS) is 16.0. The second-order valence-corrected chi connectivity index (χ2v) is 6.04. The van der Waals surface area contributed by atoms with Crippen LogP contribution in [0.1, 0.15) is 37.1 Å². The molecule has 124 valence electrons. The second kappa shape index (κ2) is 8.29. The summed E-state index contributed by atoms with van der Waals surface area (Å²) in [6, 6.07) is 2.08. The van der Waals surface area contributed by atoms with Gasteiger partial charge in [-0.15, -0.1) is 0 Å². The number of hydrogen-bond acceptors (Lipinski definition) is 4. The summed E-state index contributed by atoms with van der Waals surface area (Å²) < 4.78 is 2.01. The van der Waals surface area contributed by atoms with Gasteiger partial charge in [-0.05, 0) is 39.2 Å². The van der Waals surface area contributed by atoms with Gasteiger partial charge in [0.25, 0.3) is 0 Å². The van der Waals surface area contributed by atoms with Gasteiger partial charge in [-0.2, -0.15) is 10.2 Å². The molecule has 2 heterocycles. The molecule has 0 aliphatic carbocycles. The van der Waals surface area contributed by atoms with Gasteiger partial charge < -0.3 is 4.90 Å². The maximum atomic E-state index is 12.1. The smallest absolute Gasteiger partial charge is 0.223 e. The van der Waals surface area contributed by atoms with Gasteiger partial charge in [0.1, 0.15) is 0 Å². The van der Waals surface area contributed by atoms with Gasteiger partial charge in [0.2, 0.25) is 5.91 Å². The first-order valence-corrected chi connectivity index (χ1v) is 8.19. The van der Waals surface area contributed by atoms with Gasteiger partial charge >= 0.3 is 0 Å². The summed E-state index contributed by atoms with van der Waals surface area (Å²) in [6.45, 7) is 8.10. The maximum absolute atomic E-state index is 12.1. The quantitative estimate of drug-likeness (QED) is 0.770. The summed E-state index contributed by atoms with van der Waals surface area (Å²) in [7, 11) is 1.88.